The summed E-state index contributed by atoms with van der Waals surface area (Å²) in [4.78, 5) is 24.8. The standard InChI is InChI=1S/C14H21N3O2/c1-10-6-5-7-11(2)14(10)16-13(19)9-17(4)8-12(18)15-3/h5-7H,8-9H2,1-4H3,(H,15,18)(H,16,19). The van der Waals surface area contributed by atoms with Crippen LogP contribution in [0.3, 0.4) is 0 Å². The first-order chi connectivity index (χ1) is 8.93. The zero-order valence-electron chi connectivity index (χ0n) is 11.9. The van der Waals surface area contributed by atoms with E-state index in [-0.39, 0.29) is 24.9 Å². The first-order valence-electron chi connectivity index (χ1n) is 6.19. The molecule has 104 valence electrons. The van der Waals surface area contributed by atoms with Crippen molar-refractivity contribution >= 4 is 17.5 Å². The summed E-state index contributed by atoms with van der Waals surface area (Å²) in [5.74, 6) is -0.230. The van der Waals surface area contributed by atoms with Gasteiger partial charge < -0.3 is 10.6 Å². The molecule has 0 aliphatic rings. The summed E-state index contributed by atoms with van der Waals surface area (Å²) >= 11 is 0. The SMILES string of the molecule is CNC(=O)CN(C)CC(=O)Nc1c(C)cccc1C. The second-order valence-electron chi connectivity index (χ2n) is 4.66. The average Bonchev–Trinajstić information content (AvgIpc) is 2.33. The van der Waals surface area contributed by atoms with Crippen LogP contribution >= 0.6 is 0 Å². The van der Waals surface area contributed by atoms with Crippen molar-refractivity contribution in [3.63, 3.8) is 0 Å². The van der Waals surface area contributed by atoms with Gasteiger partial charge in [-0.15, -0.1) is 0 Å². The molecular formula is C14H21N3O2. The van der Waals surface area contributed by atoms with Crippen molar-refractivity contribution in [3.8, 4) is 0 Å². The molecule has 0 aliphatic carbocycles. The van der Waals surface area contributed by atoms with Crippen molar-refractivity contribution in [1.29, 1.82) is 0 Å². The second-order valence-corrected chi connectivity index (χ2v) is 4.66. The Morgan fingerprint density at radius 2 is 1.63 bits per heavy atom. The van der Waals surface area contributed by atoms with E-state index in [9.17, 15) is 9.59 Å². The summed E-state index contributed by atoms with van der Waals surface area (Å²) in [6.07, 6.45) is 0. The maximum absolute atomic E-state index is 11.9. The van der Waals surface area contributed by atoms with Crippen molar-refractivity contribution in [2.75, 3.05) is 32.5 Å². The fourth-order valence-corrected chi connectivity index (χ4v) is 1.82. The van der Waals surface area contributed by atoms with Crippen molar-refractivity contribution in [2.24, 2.45) is 0 Å². The molecule has 1 aromatic rings. The van der Waals surface area contributed by atoms with Crippen LogP contribution in [-0.4, -0.2) is 43.9 Å². The van der Waals surface area contributed by atoms with Gasteiger partial charge in [0.2, 0.25) is 11.8 Å². The molecule has 5 heteroatoms. The van der Waals surface area contributed by atoms with Crippen LogP contribution in [0.5, 0.6) is 0 Å². The minimum atomic E-state index is -0.121. The van der Waals surface area contributed by atoms with Crippen molar-refractivity contribution in [2.45, 2.75) is 13.8 Å². The normalized spacial score (nSPS) is 10.4. The Morgan fingerprint density at radius 1 is 1.11 bits per heavy atom. The third kappa shape index (κ3) is 4.71. The number of nitrogens with one attached hydrogen (secondary N) is 2. The summed E-state index contributed by atoms with van der Waals surface area (Å²) in [5, 5.41) is 5.41. The molecule has 0 aromatic heterocycles. The van der Waals surface area contributed by atoms with Crippen molar-refractivity contribution < 1.29 is 9.59 Å². The molecule has 0 saturated carbocycles. The number of nitrogens with zero attached hydrogens (tertiary/aromatic N) is 1. The van der Waals surface area contributed by atoms with Crippen LogP contribution in [0.25, 0.3) is 0 Å². The lowest BCUT2D eigenvalue weighted by atomic mass is 10.1. The lowest BCUT2D eigenvalue weighted by Gasteiger charge is -2.16. The number of para-hydroxylation sites is 1. The number of benzene rings is 1. The highest BCUT2D eigenvalue weighted by atomic mass is 16.2. The van der Waals surface area contributed by atoms with Gasteiger partial charge in [-0.1, -0.05) is 18.2 Å². The van der Waals surface area contributed by atoms with Crippen LogP contribution < -0.4 is 10.6 Å². The molecule has 0 unspecified atom stereocenters. The Balaban J connectivity index is 2.58. The van der Waals surface area contributed by atoms with Gasteiger partial charge in [-0.3, -0.25) is 14.5 Å². The molecule has 0 spiro atoms. The molecule has 2 amide bonds. The number of anilines is 1. The fourth-order valence-electron chi connectivity index (χ4n) is 1.82. The third-order valence-electron chi connectivity index (χ3n) is 2.85. The molecule has 1 aromatic carbocycles. The summed E-state index contributed by atoms with van der Waals surface area (Å²) in [6, 6.07) is 5.87. The molecule has 0 atom stereocenters. The van der Waals surface area contributed by atoms with Gasteiger partial charge in [0.25, 0.3) is 0 Å². The number of likely N-dealkylation sites (N-methyl/N-ethyl adjacent to an activating group) is 2. The van der Waals surface area contributed by atoms with E-state index in [2.05, 4.69) is 10.6 Å². The van der Waals surface area contributed by atoms with Gasteiger partial charge in [0, 0.05) is 12.7 Å². The number of rotatable bonds is 5. The molecular weight excluding hydrogens is 242 g/mol. The average molecular weight is 263 g/mol. The van der Waals surface area contributed by atoms with Crippen LogP contribution in [0, 0.1) is 13.8 Å². The highest BCUT2D eigenvalue weighted by molar-refractivity contribution is 5.94. The third-order valence-corrected chi connectivity index (χ3v) is 2.85. The number of carbonyl (C=O) groups excluding carboxylic acids is 2. The van der Waals surface area contributed by atoms with Crippen LogP contribution in [-0.2, 0) is 9.59 Å². The van der Waals surface area contributed by atoms with E-state index >= 15 is 0 Å². The van der Waals surface area contributed by atoms with Crippen molar-refractivity contribution in [3.05, 3.63) is 29.3 Å². The molecule has 0 saturated heterocycles. The number of aryl methyl sites for hydroxylation is 2. The molecule has 5 nitrogen and oxygen atoms in total. The second kappa shape index (κ2) is 6.89. The van der Waals surface area contributed by atoms with E-state index in [1.165, 1.54) is 0 Å². The van der Waals surface area contributed by atoms with Gasteiger partial charge in [-0.2, -0.15) is 0 Å². The van der Waals surface area contributed by atoms with Crippen molar-refractivity contribution in [1.82, 2.24) is 10.2 Å². The predicted octanol–water partition coefficient (Wildman–Crippen LogP) is 0.920. The Kier molecular flexibility index (Phi) is 5.51. The number of carbonyl (C=O) groups is 2. The minimum Gasteiger partial charge on any atom is -0.358 e. The topological polar surface area (TPSA) is 61.4 Å². The Labute approximate surface area is 114 Å². The summed E-state index contributed by atoms with van der Waals surface area (Å²) in [7, 11) is 3.31. The lowest BCUT2D eigenvalue weighted by Crippen LogP contribution is -2.37. The van der Waals surface area contributed by atoms with Gasteiger partial charge >= 0.3 is 0 Å². The summed E-state index contributed by atoms with van der Waals surface area (Å²) in [5.41, 5.74) is 2.91. The first-order valence-corrected chi connectivity index (χ1v) is 6.19. The van der Waals surface area contributed by atoms with Gasteiger partial charge in [0.1, 0.15) is 0 Å². The Hall–Kier alpha value is -1.88. The molecule has 0 fully saturated rings. The number of hydrogen-bond donors (Lipinski definition) is 2. The van der Waals surface area contributed by atoms with E-state index in [0.717, 1.165) is 16.8 Å². The van der Waals surface area contributed by atoms with Crippen LogP contribution in [0.15, 0.2) is 18.2 Å². The number of hydrogen-bond acceptors (Lipinski definition) is 3. The zero-order chi connectivity index (χ0) is 14.4. The molecule has 1 rings (SSSR count). The van der Waals surface area contributed by atoms with Gasteiger partial charge in [0.15, 0.2) is 0 Å². The highest BCUT2D eigenvalue weighted by Crippen LogP contribution is 2.19. The lowest BCUT2D eigenvalue weighted by molar-refractivity contribution is -0.122. The fraction of sp³-hybridized carbons (Fsp3) is 0.429. The molecule has 0 heterocycles. The van der Waals surface area contributed by atoms with E-state index in [0.29, 0.717) is 0 Å². The van der Waals surface area contributed by atoms with Gasteiger partial charge in [-0.05, 0) is 32.0 Å². The first kappa shape index (κ1) is 15.2. The van der Waals surface area contributed by atoms with E-state index in [1.807, 2.05) is 32.0 Å². The minimum absolute atomic E-state index is 0.109. The smallest absolute Gasteiger partial charge is 0.238 e. The van der Waals surface area contributed by atoms with Crippen LogP contribution in [0.1, 0.15) is 11.1 Å². The predicted molar refractivity (Wildman–Crippen MR) is 76.1 cm³/mol. The van der Waals surface area contributed by atoms with Crippen LogP contribution in [0.2, 0.25) is 0 Å². The number of amides is 2. The quantitative estimate of drug-likeness (QED) is 0.830. The summed E-state index contributed by atoms with van der Waals surface area (Å²) in [6.45, 7) is 4.30. The molecule has 19 heavy (non-hydrogen) atoms. The Bertz CT molecular complexity index is 452. The maximum Gasteiger partial charge on any atom is 0.238 e. The van der Waals surface area contributed by atoms with Crippen LogP contribution in [0.4, 0.5) is 5.69 Å². The largest absolute Gasteiger partial charge is 0.358 e. The van der Waals surface area contributed by atoms with E-state index < -0.39 is 0 Å². The molecule has 0 radical (unpaired) electrons. The molecule has 0 aliphatic heterocycles. The zero-order valence-corrected chi connectivity index (χ0v) is 11.9. The maximum atomic E-state index is 11.9. The van der Waals surface area contributed by atoms with E-state index in [1.54, 1.807) is 19.0 Å². The van der Waals surface area contributed by atoms with Gasteiger partial charge in [-0.25, -0.2) is 0 Å². The summed E-state index contributed by atoms with van der Waals surface area (Å²) < 4.78 is 0. The monoisotopic (exact) mass is 263 g/mol. The Morgan fingerprint density at radius 3 is 2.16 bits per heavy atom. The highest BCUT2D eigenvalue weighted by Gasteiger charge is 2.11. The van der Waals surface area contributed by atoms with E-state index in [4.69, 9.17) is 0 Å². The molecule has 2 N–H and O–H groups in total. The van der Waals surface area contributed by atoms with Gasteiger partial charge in [0.05, 0.1) is 13.1 Å². The molecule has 0 bridgehead atoms.